The number of hydrogen-bond acceptors (Lipinski definition) is 3. The molecule has 0 unspecified atom stereocenters. The topological polar surface area (TPSA) is 21.7 Å². The molecule has 3 nitrogen and oxygen atoms in total. The zero-order valence-corrected chi connectivity index (χ0v) is 11.2. The molecule has 1 heterocycles. The first-order valence-corrected chi connectivity index (χ1v) is 6.84. The van der Waals surface area contributed by atoms with Crippen LogP contribution in [0.1, 0.15) is 18.1 Å². The number of fused-ring (bicyclic) bond motifs is 2. The molecule has 1 aromatic rings. The first kappa shape index (κ1) is 12.0. The van der Waals surface area contributed by atoms with E-state index in [1.807, 2.05) is 0 Å². The summed E-state index contributed by atoms with van der Waals surface area (Å²) in [5.41, 5.74) is 2.78. The molecule has 0 bridgehead atoms. The van der Waals surface area contributed by atoms with Crippen LogP contribution in [0.3, 0.4) is 0 Å². The highest BCUT2D eigenvalue weighted by atomic mass is 16.5. The van der Waals surface area contributed by atoms with Gasteiger partial charge in [-0.1, -0.05) is 19.1 Å². The van der Waals surface area contributed by atoms with Crippen molar-refractivity contribution >= 4 is 0 Å². The van der Waals surface area contributed by atoms with E-state index in [2.05, 4.69) is 30.0 Å². The molecule has 2 aliphatic rings. The summed E-state index contributed by atoms with van der Waals surface area (Å²) in [6.45, 7) is 5.28. The Morgan fingerprint density at radius 1 is 1.39 bits per heavy atom. The predicted molar refractivity (Wildman–Crippen MR) is 71.2 cm³/mol. The maximum absolute atomic E-state index is 5.97. The Morgan fingerprint density at radius 2 is 2.28 bits per heavy atom. The van der Waals surface area contributed by atoms with E-state index in [4.69, 9.17) is 9.47 Å². The molecule has 0 saturated carbocycles. The van der Waals surface area contributed by atoms with Gasteiger partial charge < -0.3 is 9.47 Å². The fraction of sp³-hybridized carbons (Fsp3) is 0.600. The van der Waals surface area contributed by atoms with Gasteiger partial charge in [0.25, 0.3) is 0 Å². The van der Waals surface area contributed by atoms with E-state index >= 15 is 0 Å². The number of benzene rings is 1. The number of hydrogen-bond donors (Lipinski definition) is 0. The van der Waals surface area contributed by atoms with Crippen molar-refractivity contribution in [2.24, 2.45) is 0 Å². The van der Waals surface area contributed by atoms with E-state index in [-0.39, 0.29) is 0 Å². The lowest BCUT2D eigenvalue weighted by molar-refractivity contribution is -0.0724. The quantitative estimate of drug-likeness (QED) is 0.796. The Kier molecular flexibility index (Phi) is 3.27. The molecule has 98 valence electrons. The minimum Gasteiger partial charge on any atom is -0.496 e. The number of likely N-dealkylation sites (N-methyl/N-ethyl adjacent to an activating group) is 1. The van der Waals surface area contributed by atoms with Gasteiger partial charge in [-0.2, -0.15) is 0 Å². The summed E-state index contributed by atoms with van der Waals surface area (Å²) in [4.78, 5) is 2.55. The van der Waals surface area contributed by atoms with Gasteiger partial charge >= 0.3 is 0 Å². The van der Waals surface area contributed by atoms with Crippen molar-refractivity contribution in [2.75, 3.05) is 26.8 Å². The molecule has 2 atom stereocenters. The lowest BCUT2D eigenvalue weighted by Gasteiger charge is -2.44. The third-order valence-corrected chi connectivity index (χ3v) is 4.30. The van der Waals surface area contributed by atoms with Gasteiger partial charge in [-0.25, -0.2) is 0 Å². The normalized spacial score (nSPS) is 27.4. The minimum atomic E-state index is 0.336. The molecule has 1 fully saturated rings. The standard InChI is InChI=1S/C15H21NO2/c1-3-16-7-8-18-15-10-12-11(9-13(15)16)5-4-6-14(12)17-2/h4-6,13,15H,3,7-10H2,1-2H3/t13-,15-/m0/s1. The Morgan fingerprint density at radius 3 is 3.06 bits per heavy atom. The van der Waals surface area contributed by atoms with Crippen molar-refractivity contribution in [1.29, 1.82) is 0 Å². The van der Waals surface area contributed by atoms with Crippen molar-refractivity contribution in [1.82, 2.24) is 4.90 Å². The van der Waals surface area contributed by atoms with Crippen molar-refractivity contribution < 1.29 is 9.47 Å². The molecule has 1 saturated heterocycles. The average Bonchev–Trinajstić information content (AvgIpc) is 2.43. The van der Waals surface area contributed by atoms with Crippen LogP contribution in [0.25, 0.3) is 0 Å². The molecule has 0 amide bonds. The SMILES string of the molecule is CCN1CCO[C@H]2Cc3c(cccc3OC)C[C@@H]21. The van der Waals surface area contributed by atoms with Crippen LogP contribution < -0.4 is 4.74 Å². The molecular weight excluding hydrogens is 226 g/mol. The zero-order chi connectivity index (χ0) is 12.5. The number of ether oxygens (including phenoxy) is 2. The summed E-state index contributed by atoms with van der Waals surface area (Å²) in [7, 11) is 1.75. The Bertz CT molecular complexity index is 433. The summed E-state index contributed by atoms with van der Waals surface area (Å²) >= 11 is 0. The first-order chi connectivity index (χ1) is 8.83. The molecule has 0 N–H and O–H groups in total. The van der Waals surface area contributed by atoms with Crippen molar-refractivity contribution in [3.63, 3.8) is 0 Å². The van der Waals surface area contributed by atoms with Crippen LogP contribution >= 0.6 is 0 Å². The van der Waals surface area contributed by atoms with Gasteiger partial charge in [-0.15, -0.1) is 0 Å². The maximum atomic E-state index is 5.97. The second kappa shape index (κ2) is 4.90. The van der Waals surface area contributed by atoms with Crippen molar-refractivity contribution in [3.05, 3.63) is 29.3 Å². The third-order valence-electron chi connectivity index (χ3n) is 4.30. The summed E-state index contributed by atoms with van der Waals surface area (Å²) in [5.74, 6) is 1.02. The van der Waals surface area contributed by atoms with Crippen LogP contribution in [-0.2, 0) is 17.6 Å². The molecule has 1 aromatic carbocycles. The molecule has 18 heavy (non-hydrogen) atoms. The first-order valence-electron chi connectivity index (χ1n) is 6.84. The van der Waals surface area contributed by atoms with Crippen LogP contribution in [0.15, 0.2) is 18.2 Å². The van der Waals surface area contributed by atoms with Crippen molar-refractivity contribution in [2.45, 2.75) is 31.9 Å². The lowest BCUT2D eigenvalue weighted by atomic mass is 9.84. The summed E-state index contributed by atoms with van der Waals surface area (Å²) in [5, 5.41) is 0. The Hall–Kier alpha value is -1.06. The van der Waals surface area contributed by atoms with Crippen molar-refractivity contribution in [3.8, 4) is 5.75 Å². The van der Waals surface area contributed by atoms with Gasteiger partial charge in [0.2, 0.25) is 0 Å². The van der Waals surface area contributed by atoms with Gasteiger partial charge in [0.1, 0.15) is 5.75 Å². The van der Waals surface area contributed by atoms with E-state index < -0.39 is 0 Å². The monoisotopic (exact) mass is 247 g/mol. The maximum Gasteiger partial charge on any atom is 0.122 e. The van der Waals surface area contributed by atoms with E-state index in [1.54, 1.807) is 7.11 Å². The number of morpholine rings is 1. The molecule has 3 heteroatoms. The summed E-state index contributed by atoms with van der Waals surface area (Å²) < 4.78 is 11.4. The largest absolute Gasteiger partial charge is 0.496 e. The second-order valence-electron chi connectivity index (χ2n) is 5.11. The fourth-order valence-electron chi connectivity index (χ4n) is 3.33. The van der Waals surface area contributed by atoms with Crippen LogP contribution in [0, 0.1) is 0 Å². The van der Waals surface area contributed by atoms with Crippen LogP contribution in [0.4, 0.5) is 0 Å². The molecule has 0 spiro atoms. The third kappa shape index (κ3) is 1.91. The van der Waals surface area contributed by atoms with Gasteiger partial charge in [-0.05, 0) is 30.2 Å². The van der Waals surface area contributed by atoms with Gasteiger partial charge in [0.05, 0.1) is 19.8 Å². The molecule has 0 radical (unpaired) electrons. The number of nitrogens with zero attached hydrogens (tertiary/aromatic N) is 1. The van der Waals surface area contributed by atoms with E-state index in [1.165, 1.54) is 11.1 Å². The molecular formula is C15H21NO2. The van der Waals surface area contributed by atoms with E-state index in [9.17, 15) is 0 Å². The minimum absolute atomic E-state index is 0.336. The van der Waals surface area contributed by atoms with E-state index in [0.29, 0.717) is 12.1 Å². The van der Waals surface area contributed by atoms with E-state index in [0.717, 1.165) is 38.3 Å². The molecule has 3 rings (SSSR count). The Balaban J connectivity index is 1.93. The van der Waals surface area contributed by atoms with Gasteiger partial charge in [0, 0.05) is 19.0 Å². The zero-order valence-electron chi connectivity index (χ0n) is 11.2. The number of rotatable bonds is 2. The molecule has 1 aliphatic heterocycles. The Labute approximate surface area is 109 Å². The number of methoxy groups -OCH3 is 1. The highest BCUT2D eigenvalue weighted by molar-refractivity contribution is 5.43. The molecule has 0 aromatic heterocycles. The van der Waals surface area contributed by atoms with Crippen LogP contribution in [0.5, 0.6) is 5.75 Å². The summed E-state index contributed by atoms with van der Waals surface area (Å²) in [6.07, 6.45) is 2.41. The highest BCUT2D eigenvalue weighted by Crippen LogP contribution is 2.33. The lowest BCUT2D eigenvalue weighted by Crippen LogP contribution is -2.54. The molecule has 1 aliphatic carbocycles. The van der Waals surface area contributed by atoms with Crippen LogP contribution in [-0.4, -0.2) is 43.9 Å². The second-order valence-corrected chi connectivity index (χ2v) is 5.11. The highest BCUT2D eigenvalue weighted by Gasteiger charge is 2.36. The predicted octanol–water partition coefficient (Wildman–Crippen LogP) is 1.88. The van der Waals surface area contributed by atoms with Gasteiger partial charge in [0.15, 0.2) is 0 Å². The summed E-state index contributed by atoms with van der Waals surface area (Å²) in [6, 6.07) is 6.93. The fourth-order valence-corrected chi connectivity index (χ4v) is 3.33. The van der Waals surface area contributed by atoms with Gasteiger partial charge in [-0.3, -0.25) is 4.90 Å². The van der Waals surface area contributed by atoms with Crippen LogP contribution in [0.2, 0.25) is 0 Å². The average molecular weight is 247 g/mol. The smallest absolute Gasteiger partial charge is 0.122 e.